The Balaban J connectivity index is 2.10. The van der Waals surface area contributed by atoms with E-state index in [0.29, 0.717) is 6.61 Å². The lowest BCUT2D eigenvalue weighted by Crippen LogP contribution is -2.37. The number of aliphatic hydroxyl groups is 1. The van der Waals surface area contributed by atoms with Crippen molar-refractivity contribution >= 4 is 0 Å². The van der Waals surface area contributed by atoms with Crippen molar-refractivity contribution in [1.82, 2.24) is 0 Å². The summed E-state index contributed by atoms with van der Waals surface area (Å²) in [5.74, 6) is -0.496. The number of benzene rings is 1. The Hall–Kier alpha value is -1.12. The molecule has 0 bridgehead atoms. The summed E-state index contributed by atoms with van der Waals surface area (Å²) in [6.45, 7) is 6.03. The van der Waals surface area contributed by atoms with E-state index in [1.165, 1.54) is 6.92 Å². The lowest BCUT2D eigenvalue weighted by molar-refractivity contribution is -0.0615. The van der Waals surface area contributed by atoms with E-state index in [0.717, 1.165) is 5.56 Å². The van der Waals surface area contributed by atoms with Crippen molar-refractivity contribution in [2.24, 2.45) is 17.8 Å². The Labute approximate surface area is 125 Å². The lowest BCUT2D eigenvalue weighted by atomic mass is 9.86. The van der Waals surface area contributed by atoms with Crippen LogP contribution in [0.3, 0.4) is 0 Å². The van der Waals surface area contributed by atoms with E-state index in [4.69, 9.17) is 7.48 Å². The molecule has 0 aliphatic heterocycles. The third-order valence-electron chi connectivity index (χ3n) is 4.18. The molecule has 20 heavy (non-hydrogen) atoms. The van der Waals surface area contributed by atoms with E-state index in [-0.39, 0.29) is 17.9 Å². The van der Waals surface area contributed by atoms with Crippen molar-refractivity contribution in [2.75, 3.05) is 0 Å². The van der Waals surface area contributed by atoms with Gasteiger partial charge in [0, 0.05) is 20.5 Å². The average molecular weight is 276 g/mol. The zero-order valence-corrected chi connectivity index (χ0v) is 12.5. The first-order chi connectivity index (χ1) is 10.3. The van der Waals surface area contributed by atoms with Crippen LogP contribution < -0.4 is 0 Å². The molecule has 0 heterocycles. The highest BCUT2D eigenvalue weighted by molar-refractivity contribution is 5.13. The maximum absolute atomic E-state index is 10.6. The van der Waals surface area contributed by atoms with Crippen LogP contribution in [0.1, 0.15) is 35.4 Å². The summed E-state index contributed by atoms with van der Waals surface area (Å²) in [7, 11) is 0. The highest BCUT2D eigenvalue weighted by Gasteiger charge is 2.34. The minimum absolute atomic E-state index is 0.126. The topological polar surface area (TPSA) is 29.5 Å². The van der Waals surface area contributed by atoms with Crippen LogP contribution >= 0.6 is 0 Å². The molecule has 0 fully saturated rings. The van der Waals surface area contributed by atoms with Gasteiger partial charge in [-0.3, -0.25) is 0 Å². The van der Waals surface area contributed by atoms with Gasteiger partial charge in [0.05, 0.1) is 18.8 Å². The predicted molar refractivity (Wildman–Crippen MR) is 82.3 cm³/mol. The molecule has 1 aromatic rings. The van der Waals surface area contributed by atoms with Crippen molar-refractivity contribution in [1.29, 1.82) is 0 Å². The molecule has 0 spiro atoms. The van der Waals surface area contributed by atoms with Gasteiger partial charge in [-0.25, -0.2) is 0 Å². The molecule has 2 heteroatoms. The molecule has 0 saturated heterocycles. The Morgan fingerprint density at radius 2 is 1.90 bits per heavy atom. The molecule has 2 nitrogen and oxygen atoms in total. The smallest absolute Gasteiger partial charge is 0.0721 e. The number of ether oxygens (including phenoxy) is 1. The fourth-order valence-corrected chi connectivity index (χ4v) is 2.86. The van der Waals surface area contributed by atoms with Crippen LogP contribution in [0.4, 0.5) is 0 Å². The Bertz CT molecular complexity index is 496. The molecule has 0 amide bonds. The summed E-state index contributed by atoms with van der Waals surface area (Å²) < 4.78 is 21.9. The van der Waals surface area contributed by atoms with Gasteiger partial charge in [-0.1, -0.05) is 63.3 Å². The first-order valence-electron chi connectivity index (χ1n) is 8.32. The second-order valence-electron chi connectivity index (χ2n) is 5.67. The molecule has 110 valence electrons. The molecule has 1 aliphatic rings. The Kier molecular flexibility index (Phi) is 4.44. The second kappa shape index (κ2) is 7.05. The highest BCUT2D eigenvalue weighted by atomic mass is 16.5. The molecule has 0 unspecified atom stereocenters. The summed E-state index contributed by atoms with van der Waals surface area (Å²) in [5.41, 5.74) is 1.10. The predicted octanol–water partition coefficient (Wildman–Crippen LogP) is 3.80. The molecule has 0 saturated carbocycles. The molecule has 2 rings (SSSR count). The molecular weight excluding hydrogens is 248 g/mol. The maximum atomic E-state index is 10.6. The first kappa shape index (κ1) is 12.6. The largest absolute Gasteiger partial charge is 0.392 e. The number of hydrogen-bond acceptors (Lipinski definition) is 2. The van der Waals surface area contributed by atoms with Crippen molar-refractivity contribution in [3.8, 4) is 0 Å². The quantitative estimate of drug-likeness (QED) is 0.848. The average Bonchev–Trinajstić information content (AvgIpc) is 2.56. The van der Waals surface area contributed by atoms with Crippen LogP contribution in [0.25, 0.3) is 0 Å². The third-order valence-corrected chi connectivity index (χ3v) is 4.18. The molecule has 1 aromatic carbocycles. The van der Waals surface area contributed by atoms with Gasteiger partial charge in [0.15, 0.2) is 0 Å². The fourth-order valence-electron chi connectivity index (χ4n) is 2.86. The van der Waals surface area contributed by atoms with Crippen LogP contribution in [0.5, 0.6) is 0 Å². The molecule has 1 aliphatic carbocycles. The fraction of sp³-hybridized carbons (Fsp3) is 0.556. The van der Waals surface area contributed by atoms with Crippen molar-refractivity contribution in [3.63, 3.8) is 0 Å². The standard InChI is InChI=1S/C18H26O2/c1-4-16-11-10-13(2)18(14(3)17(16)19)20-12-15-8-6-5-7-9-15/h5-11,13-14,16-19H,4,12H2,1-3H3/t13-,14+,16-,17+,18-/m1/s1/i4D2. The van der Waals surface area contributed by atoms with E-state index in [1.807, 2.05) is 49.4 Å². The van der Waals surface area contributed by atoms with Gasteiger partial charge in [0.25, 0.3) is 0 Å². The van der Waals surface area contributed by atoms with Gasteiger partial charge in [-0.05, 0) is 11.9 Å². The van der Waals surface area contributed by atoms with Crippen LogP contribution in [0.2, 0.25) is 0 Å². The van der Waals surface area contributed by atoms with E-state index < -0.39 is 18.4 Å². The minimum atomic E-state index is -1.45. The number of rotatable bonds is 4. The highest BCUT2D eigenvalue weighted by Crippen LogP contribution is 2.31. The zero-order valence-electron chi connectivity index (χ0n) is 14.5. The summed E-state index contributed by atoms with van der Waals surface area (Å²) in [6, 6.07) is 9.97. The normalized spacial score (nSPS) is 36.1. The van der Waals surface area contributed by atoms with Gasteiger partial charge in [-0.15, -0.1) is 0 Å². The van der Waals surface area contributed by atoms with Crippen LogP contribution in [0.15, 0.2) is 42.5 Å². The van der Waals surface area contributed by atoms with Crippen molar-refractivity contribution in [3.05, 3.63) is 48.0 Å². The summed E-state index contributed by atoms with van der Waals surface area (Å²) in [4.78, 5) is 0. The van der Waals surface area contributed by atoms with Gasteiger partial charge < -0.3 is 9.84 Å². The van der Waals surface area contributed by atoms with Gasteiger partial charge in [-0.2, -0.15) is 0 Å². The van der Waals surface area contributed by atoms with E-state index >= 15 is 0 Å². The summed E-state index contributed by atoms with van der Waals surface area (Å²) >= 11 is 0. The minimum Gasteiger partial charge on any atom is -0.392 e. The molecule has 0 radical (unpaired) electrons. The van der Waals surface area contributed by atoms with Gasteiger partial charge in [0.2, 0.25) is 0 Å². The van der Waals surface area contributed by atoms with Crippen molar-refractivity contribution in [2.45, 2.75) is 46.0 Å². The number of hydrogen-bond donors (Lipinski definition) is 1. The second-order valence-corrected chi connectivity index (χ2v) is 5.67. The maximum Gasteiger partial charge on any atom is 0.0721 e. The monoisotopic (exact) mass is 276 g/mol. The SMILES string of the molecule is [2H]C([2H])(C)[C@@H]1C=C[C@@H](C)[C@@H](OCc2ccccc2)[C@@H](C)[C@@H]1O. The van der Waals surface area contributed by atoms with Crippen molar-refractivity contribution < 1.29 is 12.6 Å². The molecule has 0 aromatic heterocycles. The third kappa shape index (κ3) is 3.50. The first-order valence-corrected chi connectivity index (χ1v) is 7.32. The Morgan fingerprint density at radius 3 is 2.55 bits per heavy atom. The lowest BCUT2D eigenvalue weighted by Gasteiger charge is -2.31. The van der Waals surface area contributed by atoms with E-state index in [9.17, 15) is 5.11 Å². The van der Waals surface area contributed by atoms with E-state index in [2.05, 4.69) is 6.92 Å². The van der Waals surface area contributed by atoms with Gasteiger partial charge >= 0.3 is 0 Å². The van der Waals surface area contributed by atoms with Crippen LogP contribution in [-0.4, -0.2) is 17.3 Å². The van der Waals surface area contributed by atoms with Crippen LogP contribution in [0, 0.1) is 17.8 Å². The summed E-state index contributed by atoms with van der Waals surface area (Å²) in [5, 5.41) is 10.6. The van der Waals surface area contributed by atoms with Crippen LogP contribution in [-0.2, 0) is 11.3 Å². The molecular formula is C18H26O2. The molecule has 1 N–H and O–H groups in total. The molecule has 5 atom stereocenters. The number of aliphatic hydroxyl groups excluding tert-OH is 1. The van der Waals surface area contributed by atoms with E-state index in [1.54, 1.807) is 0 Å². The Morgan fingerprint density at radius 1 is 1.20 bits per heavy atom. The zero-order chi connectivity index (χ0) is 16.3. The van der Waals surface area contributed by atoms with Gasteiger partial charge in [0.1, 0.15) is 0 Å². The summed E-state index contributed by atoms with van der Waals surface area (Å²) in [6.07, 6.45) is 1.48.